The van der Waals surface area contributed by atoms with Crippen molar-refractivity contribution in [3.8, 4) is 0 Å². The van der Waals surface area contributed by atoms with Crippen molar-refractivity contribution in [2.45, 2.75) is 29.8 Å². The fourth-order valence-corrected chi connectivity index (χ4v) is 5.46. The lowest BCUT2D eigenvalue weighted by Crippen LogP contribution is -2.53. The summed E-state index contributed by atoms with van der Waals surface area (Å²) in [5.74, 6) is -2.76. The van der Waals surface area contributed by atoms with E-state index in [9.17, 15) is 19.2 Å². The van der Waals surface area contributed by atoms with E-state index in [4.69, 9.17) is 20.9 Å². The lowest BCUT2D eigenvalue weighted by molar-refractivity contribution is -0.138. The number of thioether (sulfide) groups is 1. The summed E-state index contributed by atoms with van der Waals surface area (Å²) in [5, 5.41) is 26.1. The van der Waals surface area contributed by atoms with E-state index < -0.39 is 42.4 Å². The molecule has 0 spiro atoms. The molecule has 2 aliphatic rings. The molecule has 2 amide bonds. The Morgan fingerprint density at radius 1 is 1.02 bits per heavy atom. The number of nitrogens with one attached hydrogen (secondary N) is 3. The van der Waals surface area contributed by atoms with Gasteiger partial charge in [-0.1, -0.05) is 12.1 Å². The number of rotatable bonds is 11. The number of carbonyl (C=O) groups excluding carboxylic acids is 2. The first-order valence-corrected chi connectivity index (χ1v) is 14.5. The van der Waals surface area contributed by atoms with E-state index in [0.717, 1.165) is 59.5 Å². The maximum Gasteiger partial charge on any atom is 0.322 e. The van der Waals surface area contributed by atoms with Crippen LogP contribution in [-0.4, -0.2) is 107 Å². The lowest BCUT2D eigenvalue weighted by Gasteiger charge is -2.34. The van der Waals surface area contributed by atoms with Crippen molar-refractivity contribution in [3.05, 3.63) is 48.0 Å². The van der Waals surface area contributed by atoms with Gasteiger partial charge in [-0.25, -0.2) is 4.99 Å². The molecule has 2 aromatic carbocycles. The van der Waals surface area contributed by atoms with Crippen molar-refractivity contribution >= 4 is 58.4 Å². The molecule has 14 heteroatoms. The van der Waals surface area contributed by atoms with Crippen molar-refractivity contribution < 1.29 is 29.4 Å². The Morgan fingerprint density at radius 2 is 1.76 bits per heavy atom. The van der Waals surface area contributed by atoms with Crippen molar-refractivity contribution in [1.29, 1.82) is 0 Å². The summed E-state index contributed by atoms with van der Waals surface area (Å²) in [5.41, 5.74) is 9.31. The van der Waals surface area contributed by atoms with E-state index in [1.165, 1.54) is 11.8 Å². The first-order chi connectivity index (χ1) is 20.1. The van der Waals surface area contributed by atoms with Crippen LogP contribution in [0.4, 0.5) is 17.1 Å². The first kappa shape index (κ1) is 30.8. The van der Waals surface area contributed by atoms with E-state index in [0.29, 0.717) is 0 Å². The van der Waals surface area contributed by atoms with Gasteiger partial charge in [-0.2, -0.15) is 0 Å². The van der Waals surface area contributed by atoms with Crippen molar-refractivity contribution in [2.24, 2.45) is 10.7 Å². The summed E-state index contributed by atoms with van der Waals surface area (Å²) in [6.07, 6.45) is -0.408. The third-order valence-electron chi connectivity index (χ3n) is 6.91. The summed E-state index contributed by atoms with van der Waals surface area (Å²) in [6.45, 7) is 2.92. The van der Waals surface area contributed by atoms with Gasteiger partial charge in [-0.3, -0.25) is 19.2 Å². The largest absolute Gasteiger partial charge is 0.481 e. The Balaban J connectivity index is 1.53. The number of aliphatic imine (C=N–C) groups is 1. The molecular formula is C28H35N7O6S. The van der Waals surface area contributed by atoms with Gasteiger partial charge in [0, 0.05) is 54.5 Å². The number of carbonyl (C=O) groups is 4. The van der Waals surface area contributed by atoms with Gasteiger partial charge in [0.15, 0.2) is 0 Å². The normalized spacial score (nSPS) is 16.0. The molecule has 7 N–H and O–H groups in total. The molecule has 0 aliphatic carbocycles. The summed E-state index contributed by atoms with van der Waals surface area (Å²) in [4.78, 5) is 57.6. The van der Waals surface area contributed by atoms with Crippen LogP contribution in [0, 0.1) is 0 Å². The SMILES string of the molecule is CN1CCN(C2=Nc3cc(SC[C@H](NC(=O)[C@@H](N)CCC(=O)O)C(=O)NCC(=O)O)ccc3Nc3ccccc32)CC1. The number of carboxylic acid groups (broad SMARTS) is 2. The third-order valence-corrected chi connectivity index (χ3v) is 7.99. The maximum atomic E-state index is 12.8. The number of nitrogens with zero attached hydrogens (tertiary/aromatic N) is 3. The lowest BCUT2D eigenvalue weighted by atomic mass is 10.1. The standard InChI is InChI=1S/C28H35N7O6S/c1-34-10-12-35(13-11-34)26-18-4-2-3-5-20(18)31-21-8-6-17(14-22(21)32-26)42-16-23(28(41)30-15-25(38)39)33-27(40)19(29)7-9-24(36)37/h2-6,8,14,19,23,31H,7,9-13,15-16,29H2,1H3,(H,30,41)(H,33,40)(H,36,37)(H,38,39)/t19-,23-/m0/s1. The number of fused-ring (bicyclic) bond motifs is 2. The number of hydrogen-bond acceptors (Lipinski definition) is 10. The molecule has 2 atom stereocenters. The molecule has 1 fully saturated rings. The molecule has 224 valence electrons. The topological polar surface area (TPSA) is 190 Å². The minimum atomic E-state index is -1.23. The zero-order valence-corrected chi connectivity index (χ0v) is 24.0. The molecule has 0 saturated carbocycles. The van der Waals surface area contributed by atoms with Crippen LogP contribution in [-0.2, 0) is 19.2 Å². The quantitative estimate of drug-likeness (QED) is 0.203. The minimum Gasteiger partial charge on any atom is -0.481 e. The average molecular weight is 598 g/mol. The highest BCUT2D eigenvalue weighted by Gasteiger charge is 2.26. The van der Waals surface area contributed by atoms with Crippen LogP contribution in [0.3, 0.4) is 0 Å². The molecule has 0 aromatic heterocycles. The monoisotopic (exact) mass is 597 g/mol. The first-order valence-electron chi connectivity index (χ1n) is 13.5. The van der Waals surface area contributed by atoms with E-state index in [1.807, 2.05) is 42.5 Å². The molecule has 13 nitrogen and oxygen atoms in total. The number of para-hydroxylation sites is 1. The fourth-order valence-electron chi connectivity index (χ4n) is 4.50. The number of benzene rings is 2. The molecule has 2 aromatic rings. The number of piperazine rings is 1. The number of amidine groups is 1. The summed E-state index contributed by atoms with van der Waals surface area (Å²) in [6, 6.07) is 11.5. The van der Waals surface area contributed by atoms with Gasteiger partial charge in [0.25, 0.3) is 0 Å². The highest BCUT2D eigenvalue weighted by Crippen LogP contribution is 2.37. The number of likely N-dealkylation sites (N-methyl/N-ethyl adjacent to an activating group) is 1. The van der Waals surface area contributed by atoms with Gasteiger partial charge in [-0.05, 0) is 43.8 Å². The third kappa shape index (κ3) is 8.21. The predicted octanol–water partition coefficient (Wildman–Crippen LogP) is 1.04. The average Bonchev–Trinajstić information content (AvgIpc) is 3.13. The number of anilines is 2. The molecule has 2 heterocycles. The number of amides is 2. The van der Waals surface area contributed by atoms with Crippen LogP contribution in [0.15, 0.2) is 52.4 Å². The Kier molecular flexibility index (Phi) is 10.4. The minimum absolute atomic E-state index is 0.0737. The number of hydrogen-bond donors (Lipinski definition) is 6. The van der Waals surface area contributed by atoms with Gasteiger partial charge in [0.05, 0.1) is 17.4 Å². The number of nitrogens with two attached hydrogens (primary N) is 1. The van der Waals surface area contributed by atoms with Crippen LogP contribution in [0.2, 0.25) is 0 Å². The Hall–Kier alpha value is -4.14. The highest BCUT2D eigenvalue weighted by atomic mass is 32.2. The molecule has 42 heavy (non-hydrogen) atoms. The Morgan fingerprint density at radius 3 is 2.48 bits per heavy atom. The molecular weight excluding hydrogens is 562 g/mol. The van der Waals surface area contributed by atoms with Crippen LogP contribution < -0.4 is 21.7 Å². The second-order valence-electron chi connectivity index (χ2n) is 10.1. The van der Waals surface area contributed by atoms with E-state index in [2.05, 4.69) is 32.8 Å². The number of carboxylic acids is 2. The highest BCUT2D eigenvalue weighted by molar-refractivity contribution is 7.99. The molecule has 0 bridgehead atoms. The van der Waals surface area contributed by atoms with Gasteiger partial charge in [-0.15, -0.1) is 11.8 Å². The van der Waals surface area contributed by atoms with Gasteiger partial charge in [0.1, 0.15) is 18.4 Å². The van der Waals surface area contributed by atoms with E-state index in [-0.39, 0.29) is 18.6 Å². The van der Waals surface area contributed by atoms with Crippen molar-refractivity contribution in [3.63, 3.8) is 0 Å². The summed E-state index contributed by atoms with van der Waals surface area (Å²) in [7, 11) is 2.10. The van der Waals surface area contributed by atoms with E-state index >= 15 is 0 Å². The maximum absolute atomic E-state index is 12.8. The molecule has 4 rings (SSSR count). The molecule has 2 aliphatic heterocycles. The van der Waals surface area contributed by atoms with Crippen LogP contribution >= 0.6 is 11.8 Å². The zero-order valence-electron chi connectivity index (χ0n) is 23.2. The number of aliphatic carboxylic acids is 2. The van der Waals surface area contributed by atoms with Crippen LogP contribution in [0.5, 0.6) is 0 Å². The zero-order chi connectivity index (χ0) is 30.2. The second kappa shape index (κ2) is 14.2. The van der Waals surface area contributed by atoms with Crippen molar-refractivity contribution in [1.82, 2.24) is 20.4 Å². The predicted molar refractivity (Wildman–Crippen MR) is 160 cm³/mol. The molecule has 1 saturated heterocycles. The summed E-state index contributed by atoms with van der Waals surface area (Å²) < 4.78 is 0. The molecule has 0 unspecified atom stereocenters. The van der Waals surface area contributed by atoms with Gasteiger partial charge in [0.2, 0.25) is 11.8 Å². The summed E-state index contributed by atoms with van der Waals surface area (Å²) >= 11 is 1.29. The van der Waals surface area contributed by atoms with Gasteiger partial charge >= 0.3 is 11.9 Å². The smallest absolute Gasteiger partial charge is 0.322 e. The van der Waals surface area contributed by atoms with Crippen molar-refractivity contribution in [2.75, 3.05) is 50.8 Å². The van der Waals surface area contributed by atoms with E-state index in [1.54, 1.807) is 0 Å². The van der Waals surface area contributed by atoms with Gasteiger partial charge < -0.3 is 41.7 Å². The Bertz CT molecular complexity index is 1360. The van der Waals surface area contributed by atoms with Crippen LogP contribution in [0.1, 0.15) is 18.4 Å². The Labute approximate surface area is 247 Å². The molecule has 0 radical (unpaired) electrons. The fraction of sp³-hybridized carbons (Fsp3) is 0.393. The van der Waals surface area contributed by atoms with Crippen LogP contribution in [0.25, 0.3) is 0 Å². The second-order valence-corrected chi connectivity index (χ2v) is 11.2.